The summed E-state index contributed by atoms with van der Waals surface area (Å²) in [6.07, 6.45) is -0.626. The molecule has 0 saturated heterocycles. The first kappa shape index (κ1) is 16.8. The third-order valence-electron chi connectivity index (χ3n) is 3.84. The molecule has 0 bridgehead atoms. The van der Waals surface area contributed by atoms with Crippen molar-refractivity contribution in [3.05, 3.63) is 48.5 Å². The van der Waals surface area contributed by atoms with Crippen LogP contribution in [-0.2, 0) is 9.59 Å². The predicted molar refractivity (Wildman–Crippen MR) is 95.1 cm³/mol. The Morgan fingerprint density at radius 3 is 2.72 bits per heavy atom. The van der Waals surface area contributed by atoms with E-state index >= 15 is 0 Å². The van der Waals surface area contributed by atoms with E-state index in [1.54, 1.807) is 37.3 Å². The summed E-state index contributed by atoms with van der Waals surface area (Å²) < 4.78 is 11.1. The molecule has 1 N–H and O–H groups in total. The van der Waals surface area contributed by atoms with Gasteiger partial charge in [0.2, 0.25) is 5.91 Å². The van der Waals surface area contributed by atoms with Crippen LogP contribution in [-0.4, -0.2) is 31.1 Å². The molecule has 1 atom stereocenters. The van der Waals surface area contributed by atoms with Gasteiger partial charge < -0.3 is 14.8 Å². The molecule has 6 heteroatoms. The van der Waals surface area contributed by atoms with Crippen molar-refractivity contribution in [2.45, 2.75) is 20.0 Å². The summed E-state index contributed by atoms with van der Waals surface area (Å²) >= 11 is 0. The number of para-hydroxylation sites is 4. The van der Waals surface area contributed by atoms with E-state index < -0.39 is 6.10 Å². The number of hydrogen-bond acceptors (Lipinski definition) is 4. The average molecular weight is 340 g/mol. The molecule has 2 aromatic carbocycles. The monoisotopic (exact) mass is 340 g/mol. The van der Waals surface area contributed by atoms with Crippen molar-refractivity contribution in [3.63, 3.8) is 0 Å². The fourth-order valence-electron chi connectivity index (χ4n) is 2.71. The Morgan fingerprint density at radius 2 is 1.92 bits per heavy atom. The quantitative estimate of drug-likeness (QED) is 0.909. The number of carbonyl (C=O) groups excluding carboxylic acids is 2. The molecule has 0 radical (unpaired) electrons. The van der Waals surface area contributed by atoms with Crippen LogP contribution in [0.5, 0.6) is 11.5 Å². The molecular weight excluding hydrogens is 320 g/mol. The molecule has 0 unspecified atom stereocenters. The van der Waals surface area contributed by atoms with Crippen molar-refractivity contribution in [1.82, 2.24) is 0 Å². The molecule has 1 aliphatic heterocycles. The van der Waals surface area contributed by atoms with Crippen molar-refractivity contribution < 1.29 is 19.1 Å². The predicted octanol–water partition coefficient (Wildman–Crippen LogP) is 2.84. The van der Waals surface area contributed by atoms with Gasteiger partial charge in [-0.2, -0.15) is 0 Å². The van der Waals surface area contributed by atoms with E-state index in [2.05, 4.69) is 5.32 Å². The third-order valence-corrected chi connectivity index (χ3v) is 3.84. The fourth-order valence-corrected chi connectivity index (χ4v) is 2.71. The second kappa shape index (κ2) is 7.25. The minimum absolute atomic E-state index is 0.0932. The van der Waals surface area contributed by atoms with E-state index in [0.717, 1.165) is 0 Å². The zero-order chi connectivity index (χ0) is 17.8. The van der Waals surface area contributed by atoms with Crippen LogP contribution in [0.25, 0.3) is 0 Å². The highest BCUT2D eigenvalue weighted by Gasteiger charge is 2.32. The van der Waals surface area contributed by atoms with Crippen LogP contribution in [0, 0.1) is 0 Å². The Morgan fingerprint density at radius 1 is 1.20 bits per heavy atom. The largest absolute Gasteiger partial charge is 0.492 e. The molecule has 2 aromatic rings. The highest BCUT2D eigenvalue weighted by atomic mass is 16.5. The number of ether oxygens (including phenoxy) is 2. The van der Waals surface area contributed by atoms with Crippen LogP contribution in [0.4, 0.5) is 11.4 Å². The van der Waals surface area contributed by atoms with Gasteiger partial charge >= 0.3 is 0 Å². The molecule has 130 valence electrons. The summed E-state index contributed by atoms with van der Waals surface area (Å²) in [6.45, 7) is 3.96. The molecule has 2 amide bonds. The number of fused-ring (bicyclic) bond motifs is 1. The zero-order valence-electron chi connectivity index (χ0n) is 14.2. The van der Waals surface area contributed by atoms with Crippen LogP contribution < -0.4 is 19.7 Å². The van der Waals surface area contributed by atoms with Crippen LogP contribution in [0.15, 0.2) is 48.5 Å². The van der Waals surface area contributed by atoms with Crippen LogP contribution in [0.1, 0.15) is 13.8 Å². The second-order valence-electron chi connectivity index (χ2n) is 5.63. The van der Waals surface area contributed by atoms with Crippen molar-refractivity contribution in [2.75, 3.05) is 23.4 Å². The summed E-state index contributed by atoms with van der Waals surface area (Å²) in [6, 6.07) is 14.4. The highest BCUT2D eigenvalue weighted by Crippen LogP contribution is 2.33. The molecular formula is C19H20N2O4. The molecule has 0 aliphatic carbocycles. The van der Waals surface area contributed by atoms with Gasteiger partial charge in [-0.15, -0.1) is 0 Å². The minimum Gasteiger partial charge on any atom is -0.492 e. The first-order valence-corrected chi connectivity index (χ1v) is 8.19. The summed E-state index contributed by atoms with van der Waals surface area (Å²) in [5, 5.41) is 2.81. The number of nitrogens with zero attached hydrogens (tertiary/aromatic N) is 1. The van der Waals surface area contributed by atoms with Gasteiger partial charge in [0.05, 0.1) is 18.0 Å². The molecule has 3 rings (SSSR count). The number of benzene rings is 2. The number of anilines is 2. The van der Waals surface area contributed by atoms with Crippen molar-refractivity contribution in [1.29, 1.82) is 0 Å². The maximum absolute atomic E-state index is 12.5. The van der Waals surface area contributed by atoms with Crippen molar-refractivity contribution in [3.8, 4) is 11.5 Å². The smallest absolute Gasteiger partial charge is 0.268 e. The fraction of sp³-hybridized carbons (Fsp3) is 0.263. The Balaban J connectivity index is 1.78. The zero-order valence-corrected chi connectivity index (χ0v) is 14.2. The lowest BCUT2D eigenvalue weighted by Gasteiger charge is -2.32. The first-order chi connectivity index (χ1) is 12.1. The molecule has 25 heavy (non-hydrogen) atoms. The number of amides is 2. The highest BCUT2D eigenvalue weighted by molar-refractivity contribution is 6.06. The number of hydrogen-bond donors (Lipinski definition) is 1. The molecule has 1 aliphatic rings. The van der Waals surface area contributed by atoms with E-state index in [1.165, 1.54) is 4.90 Å². The normalized spacial score (nSPS) is 16.0. The average Bonchev–Trinajstić information content (AvgIpc) is 2.61. The molecule has 0 saturated carbocycles. The van der Waals surface area contributed by atoms with E-state index in [0.29, 0.717) is 29.5 Å². The maximum Gasteiger partial charge on any atom is 0.268 e. The summed E-state index contributed by atoms with van der Waals surface area (Å²) in [7, 11) is 0. The lowest BCUT2D eigenvalue weighted by molar-refractivity contribution is -0.127. The SMILES string of the molecule is CCOc1ccccc1NC(=O)CN1C(=O)[C@H](C)Oc2ccccc21. The lowest BCUT2D eigenvalue weighted by Crippen LogP contribution is -2.47. The van der Waals surface area contributed by atoms with Gasteiger partial charge in [-0.3, -0.25) is 14.5 Å². The second-order valence-corrected chi connectivity index (χ2v) is 5.63. The first-order valence-electron chi connectivity index (χ1n) is 8.19. The topological polar surface area (TPSA) is 67.9 Å². The molecule has 1 heterocycles. The molecule has 0 fully saturated rings. The summed E-state index contributed by atoms with van der Waals surface area (Å²) in [5.41, 5.74) is 1.18. The third kappa shape index (κ3) is 3.57. The van der Waals surface area contributed by atoms with Gasteiger partial charge in [0.15, 0.2) is 6.10 Å². The minimum atomic E-state index is -0.626. The summed E-state index contributed by atoms with van der Waals surface area (Å²) in [5.74, 6) is 0.647. The van der Waals surface area contributed by atoms with Gasteiger partial charge in [0.1, 0.15) is 18.0 Å². The summed E-state index contributed by atoms with van der Waals surface area (Å²) in [4.78, 5) is 26.4. The van der Waals surface area contributed by atoms with Gasteiger partial charge in [0, 0.05) is 0 Å². The van der Waals surface area contributed by atoms with Gasteiger partial charge in [-0.25, -0.2) is 0 Å². The van der Waals surface area contributed by atoms with E-state index in [9.17, 15) is 9.59 Å². The molecule has 0 aromatic heterocycles. The number of nitrogens with one attached hydrogen (secondary N) is 1. The van der Waals surface area contributed by atoms with Crippen molar-refractivity contribution in [2.24, 2.45) is 0 Å². The van der Waals surface area contributed by atoms with Crippen molar-refractivity contribution >= 4 is 23.2 Å². The number of carbonyl (C=O) groups is 2. The molecule has 0 spiro atoms. The Bertz CT molecular complexity index is 790. The standard InChI is InChI=1S/C19H20N2O4/c1-3-24-16-10-6-4-8-14(16)20-18(22)12-21-15-9-5-7-11-17(15)25-13(2)19(21)23/h4-11,13H,3,12H2,1-2H3,(H,20,22)/t13-/m0/s1. The van der Waals surface area contributed by atoms with Gasteiger partial charge in [0.25, 0.3) is 5.91 Å². The maximum atomic E-state index is 12.5. The molecule has 6 nitrogen and oxygen atoms in total. The lowest BCUT2D eigenvalue weighted by atomic mass is 10.2. The Kier molecular flexibility index (Phi) is 4.88. The van der Waals surface area contributed by atoms with Gasteiger partial charge in [-0.1, -0.05) is 24.3 Å². The number of rotatable bonds is 5. The Hall–Kier alpha value is -3.02. The van der Waals surface area contributed by atoms with E-state index in [-0.39, 0.29) is 18.4 Å². The Labute approximate surface area is 146 Å². The van der Waals surface area contributed by atoms with Crippen LogP contribution in [0.3, 0.4) is 0 Å². The van der Waals surface area contributed by atoms with Crippen LogP contribution in [0.2, 0.25) is 0 Å². The van der Waals surface area contributed by atoms with Crippen LogP contribution >= 0.6 is 0 Å². The van der Waals surface area contributed by atoms with E-state index in [1.807, 2.05) is 25.1 Å². The van der Waals surface area contributed by atoms with Gasteiger partial charge in [-0.05, 0) is 38.1 Å². The van der Waals surface area contributed by atoms with E-state index in [4.69, 9.17) is 9.47 Å².